The highest BCUT2D eigenvalue weighted by Gasteiger charge is 2.10. The van der Waals surface area contributed by atoms with Crippen LogP contribution in [0.2, 0.25) is 0 Å². The van der Waals surface area contributed by atoms with E-state index in [-0.39, 0.29) is 12.4 Å². The molecule has 1 aliphatic rings. The molecule has 1 aliphatic heterocycles. The van der Waals surface area contributed by atoms with Crippen molar-refractivity contribution in [1.29, 1.82) is 0 Å². The van der Waals surface area contributed by atoms with E-state index in [2.05, 4.69) is 28.4 Å². The van der Waals surface area contributed by atoms with Gasteiger partial charge in [-0.25, -0.2) is 0 Å². The molecule has 4 heteroatoms. The molecule has 1 saturated heterocycles. The smallest absolute Gasteiger partial charge is 0.127 e. The third kappa shape index (κ3) is 4.74. The molecule has 0 bridgehead atoms. The molecule has 0 radical (unpaired) electrons. The third-order valence-electron chi connectivity index (χ3n) is 3.49. The summed E-state index contributed by atoms with van der Waals surface area (Å²) in [6.07, 6.45) is 0. The van der Waals surface area contributed by atoms with Gasteiger partial charge >= 0.3 is 0 Å². The first-order valence-corrected chi connectivity index (χ1v) is 7.15. The van der Waals surface area contributed by atoms with Crippen LogP contribution in [0.15, 0.2) is 54.6 Å². The summed E-state index contributed by atoms with van der Waals surface area (Å²) in [7, 11) is 0. The lowest BCUT2D eigenvalue weighted by Crippen LogP contribution is -2.42. The summed E-state index contributed by atoms with van der Waals surface area (Å²) in [4.78, 5) is 2.47. The maximum absolute atomic E-state index is 5.88. The number of hydrogen-bond acceptors (Lipinski definition) is 3. The normalized spacial score (nSPS) is 15.2. The van der Waals surface area contributed by atoms with E-state index in [1.54, 1.807) is 0 Å². The summed E-state index contributed by atoms with van der Waals surface area (Å²) >= 11 is 0. The van der Waals surface area contributed by atoms with Crippen LogP contribution in [0.3, 0.4) is 0 Å². The molecule has 2 aromatic carbocycles. The van der Waals surface area contributed by atoms with Gasteiger partial charge in [0.25, 0.3) is 0 Å². The van der Waals surface area contributed by atoms with Crippen LogP contribution in [-0.4, -0.2) is 31.1 Å². The molecule has 0 aromatic heterocycles. The molecule has 0 saturated carbocycles. The van der Waals surface area contributed by atoms with E-state index in [1.165, 1.54) is 5.56 Å². The van der Waals surface area contributed by atoms with Gasteiger partial charge in [-0.05, 0) is 29.8 Å². The largest absolute Gasteiger partial charge is 0.457 e. The van der Waals surface area contributed by atoms with Crippen LogP contribution in [0.1, 0.15) is 5.56 Å². The molecular formula is C17H21ClN2O. The standard InChI is InChI=1S/C17H20N2O.ClH/c1-2-6-16(7-3-1)20-17-8-4-5-15(13-17)14-19-11-9-18-10-12-19;/h1-8,13,18H,9-12,14H2;1H. The molecule has 0 amide bonds. The molecule has 1 N–H and O–H groups in total. The van der Waals surface area contributed by atoms with Crippen LogP contribution in [0.25, 0.3) is 0 Å². The second-order valence-electron chi connectivity index (χ2n) is 5.09. The van der Waals surface area contributed by atoms with Crippen LogP contribution in [0.5, 0.6) is 11.5 Å². The Morgan fingerprint density at radius 3 is 2.38 bits per heavy atom. The van der Waals surface area contributed by atoms with Crippen LogP contribution in [-0.2, 0) is 6.54 Å². The van der Waals surface area contributed by atoms with Crippen LogP contribution >= 0.6 is 12.4 Å². The number of nitrogens with one attached hydrogen (secondary N) is 1. The molecule has 0 unspecified atom stereocenters. The van der Waals surface area contributed by atoms with Gasteiger partial charge in [0.15, 0.2) is 0 Å². The maximum atomic E-state index is 5.88. The minimum absolute atomic E-state index is 0. The number of ether oxygens (including phenoxy) is 1. The Labute approximate surface area is 132 Å². The second-order valence-corrected chi connectivity index (χ2v) is 5.09. The Morgan fingerprint density at radius 2 is 1.62 bits per heavy atom. The zero-order chi connectivity index (χ0) is 13.6. The molecule has 2 aromatic rings. The van der Waals surface area contributed by atoms with Crippen molar-refractivity contribution in [2.75, 3.05) is 26.2 Å². The summed E-state index contributed by atoms with van der Waals surface area (Å²) in [5.74, 6) is 1.79. The average molecular weight is 305 g/mol. The minimum Gasteiger partial charge on any atom is -0.457 e. The van der Waals surface area contributed by atoms with Gasteiger partial charge in [-0.15, -0.1) is 12.4 Å². The Bertz CT molecular complexity index is 541. The van der Waals surface area contributed by atoms with Crippen molar-refractivity contribution in [2.45, 2.75) is 6.54 Å². The summed E-state index contributed by atoms with van der Waals surface area (Å²) < 4.78 is 5.88. The van der Waals surface area contributed by atoms with Crippen LogP contribution in [0.4, 0.5) is 0 Å². The van der Waals surface area contributed by atoms with E-state index >= 15 is 0 Å². The van der Waals surface area contributed by atoms with E-state index in [1.807, 2.05) is 36.4 Å². The Kier molecular flexibility index (Phi) is 6.05. The average Bonchev–Trinajstić information content (AvgIpc) is 2.50. The number of halogens is 1. The fraction of sp³-hybridized carbons (Fsp3) is 0.294. The molecule has 0 spiro atoms. The fourth-order valence-corrected chi connectivity index (χ4v) is 2.46. The van der Waals surface area contributed by atoms with Crippen molar-refractivity contribution in [3.8, 4) is 11.5 Å². The molecule has 112 valence electrons. The Balaban J connectivity index is 0.00000161. The van der Waals surface area contributed by atoms with E-state index in [4.69, 9.17) is 4.74 Å². The van der Waals surface area contributed by atoms with Crippen molar-refractivity contribution < 1.29 is 4.74 Å². The first kappa shape index (κ1) is 15.8. The van der Waals surface area contributed by atoms with Gasteiger partial charge in [-0.1, -0.05) is 30.3 Å². The van der Waals surface area contributed by atoms with Crippen molar-refractivity contribution >= 4 is 12.4 Å². The van der Waals surface area contributed by atoms with Crippen molar-refractivity contribution in [2.24, 2.45) is 0 Å². The summed E-state index contributed by atoms with van der Waals surface area (Å²) in [6, 6.07) is 18.3. The van der Waals surface area contributed by atoms with E-state index in [9.17, 15) is 0 Å². The summed E-state index contributed by atoms with van der Waals surface area (Å²) in [6.45, 7) is 5.39. The number of benzene rings is 2. The number of rotatable bonds is 4. The lowest BCUT2D eigenvalue weighted by atomic mass is 10.2. The van der Waals surface area contributed by atoms with E-state index in [0.29, 0.717) is 0 Å². The maximum Gasteiger partial charge on any atom is 0.127 e. The Morgan fingerprint density at radius 1 is 0.905 bits per heavy atom. The predicted molar refractivity (Wildman–Crippen MR) is 88.4 cm³/mol. The molecule has 1 fully saturated rings. The second kappa shape index (κ2) is 8.03. The molecule has 21 heavy (non-hydrogen) atoms. The fourth-order valence-electron chi connectivity index (χ4n) is 2.46. The first-order chi connectivity index (χ1) is 9.90. The Hall–Kier alpha value is -1.55. The van der Waals surface area contributed by atoms with Gasteiger partial charge in [0, 0.05) is 32.7 Å². The van der Waals surface area contributed by atoms with Gasteiger partial charge in [-0.2, -0.15) is 0 Å². The van der Waals surface area contributed by atoms with Gasteiger partial charge in [0.2, 0.25) is 0 Å². The van der Waals surface area contributed by atoms with Gasteiger partial charge < -0.3 is 10.1 Å². The SMILES string of the molecule is Cl.c1ccc(Oc2cccc(CN3CCNCC3)c2)cc1. The molecule has 0 atom stereocenters. The number of hydrogen-bond donors (Lipinski definition) is 1. The topological polar surface area (TPSA) is 24.5 Å². The lowest BCUT2D eigenvalue weighted by Gasteiger charge is -2.27. The molecule has 0 aliphatic carbocycles. The number of nitrogens with zero attached hydrogens (tertiary/aromatic N) is 1. The molecular weight excluding hydrogens is 284 g/mol. The van der Waals surface area contributed by atoms with Gasteiger partial charge in [-0.3, -0.25) is 4.90 Å². The first-order valence-electron chi connectivity index (χ1n) is 7.15. The molecule has 3 rings (SSSR count). The van der Waals surface area contributed by atoms with Crippen LogP contribution < -0.4 is 10.1 Å². The molecule has 1 heterocycles. The number of piperazine rings is 1. The van der Waals surface area contributed by atoms with Crippen LogP contribution in [0, 0.1) is 0 Å². The third-order valence-corrected chi connectivity index (χ3v) is 3.49. The minimum atomic E-state index is 0. The highest BCUT2D eigenvalue weighted by Crippen LogP contribution is 2.22. The molecule has 3 nitrogen and oxygen atoms in total. The number of para-hydroxylation sites is 1. The summed E-state index contributed by atoms with van der Waals surface area (Å²) in [5.41, 5.74) is 1.31. The van der Waals surface area contributed by atoms with E-state index in [0.717, 1.165) is 44.2 Å². The van der Waals surface area contributed by atoms with E-state index < -0.39 is 0 Å². The highest BCUT2D eigenvalue weighted by molar-refractivity contribution is 5.85. The lowest BCUT2D eigenvalue weighted by molar-refractivity contribution is 0.233. The zero-order valence-electron chi connectivity index (χ0n) is 12.0. The highest BCUT2D eigenvalue weighted by atomic mass is 35.5. The quantitative estimate of drug-likeness (QED) is 0.938. The van der Waals surface area contributed by atoms with Crippen molar-refractivity contribution in [1.82, 2.24) is 10.2 Å². The monoisotopic (exact) mass is 304 g/mol. The van der Waals surface area contributed by atoms with Gasteiger partial charge in [0.05, 0.1) is 0 Å². The summed E-state index contributed by atoms with van der Waals surface area (Å²) in [5, 5.41) is 3.38. The zero-order valence-corrected chi connectivity index (χ0v) is 12.8. The predicted octanol–water partition coefficient (Wildman–Crippen LogP) is 3.31. The van der Waals surface area contributed by atoms with Crippen molar-refractivity contribution in [3.63, 3.8) is 0 Å². The van der Waals surface area contributed by atoms with Crippen molar-refractivity contribution in [3.05, 3.63) is 60.2 Å². The van der Waals surface area contributed by atoms with Gasteiger partial charge in [0.1, 0.15) is 11.5 Å².